The number of nitrogens with zero attached hydrogens (tertiary/aromatic N) is 5. The number of carbonyl (C=O) groups is 1. The minimum atomic E-state index is -2.89. The molecule has 2 saturated heterocycles. The standard InChI is InChI=1S/C26H25F3N6O2/c27-22-16(2-1-3-19(22)23(28)29)13-31-24-20-12-18(4-5-21(20)35-7-6-30-26(35)32-24)33-8-10-34(11-9-33)25(36)17-14-37-15-17/h1-7,12,17,23H,8-11,13-15H2,(H,30,31,32). The van der Waals surface area contributed by atoms with Gasteiger partial charge in [-0.25, -0.2) is 18.2 Å². The Kier molecular flexibility index (Phi) is 6.07. The maximum atomic E-state index is 14.6. The predicted octanol–water partition coefficient (Wildman–Crippen LogP) is 3.87. The Morgan fingerprint density at radius 3 is 2.68 bits per heavy atom. The van der Waals surface area contributed by atoms with Crippen LogP contribution in [0.2, 0.25) is 0 Å². The van der Waals surface area contributed by atoms with E-state index in [4.69, 9.17) is 4.74 Å². The first-order chi connectivity index (χ1) is 18.0. The lowest BCUT2D eigenvalue weighted by Gasteiger charge is -2.39. The molecular weight excluding hydrogens is 485 g/mol. The highest BCUT2D eigenvalue weighted by Gasteiger charge is 2.32. The number of rotatable bonds is 6. The van der Waals surface area contributed by atoms with Gasteiger partial charge < -0.3 is 19.9 Å². The Balaban J connectivity index is 1.27. The number of carbonyl (C=O) groups excluding carboxylic acids is 1. The number of hydrogen-bond donors (Lipinski definition) is 1. The molecule has 6 rings (SSSR count). The van der Waals surface area contributed by atoms with E-state index in [0.717, 1.165) is 22.7 Å². The quantitative estimate of drug-likeness (QED) is 0.425. The van der Waals surface area contributed by atoms with Crippen molar-refractivity contribution in [3.63, 3.8) is 0 Å². The molecule has 0 bridgehead atoms. The van der Waals surface area contributed by atoms with Crippen LogP contribution >= 0.6 is 0 Å². The second-order valence-electron chi connectivity index (χ2n) is 9.28. The summed E-state index contributed by atoms with van der Waals surface area (Å²) in [6, 6.07) is 10.0. The summed E-state index contributed by atoms with van der Waals surface area (Å²) in [6.45, 7) is 3.66. The van der Waals surface area contributed by atoms with Gasteiger partial charge in [-0.15, -0.1) is 0 Å². The summed E-state index contributed by atoms with van der Waals surface area (Å²) < 4.78 is 47.9. The fourth-order valence-electron chi connectivity index (χ4n) is 4.89. The van der Waals surface area contributed by atoms with Crippen LogP contribution in [0.5, 0.6) is 0 Å². The predicted molar refractivity (Wildman–Crippen MR) is 132 cm³/mol. The van der Waals surface area contributed by atoms with Gasteiger partial charge in [0, 0.05) is 61.8 Å². The minimum Gasteiger partial charge on any atom is -0.380 e. The lowest BCUT2D eigenvalue weighted by Crippen LogP contribution is -2.53. The van der Waals surface area contributed by atoms with Gasteiger partial charge in [0.05, 0.1) is 30.2 Å². The maximum Gasteiger partial charge on any atom is 0.266 e. The molecule has 8 nitrogen and oxygen atoms in total. The minimum absolute atomic E-state index is 0.0126. The van der Waals surface area contributed by atoms with Gasteiger partial charge in [0.1, 0.15) is 11.6 Å². The molecule has 0 saturated carbocycles. The molecule has 4 aromatic rings. The summed E-state index contributed by atoms with van der Waals surface area (Å²) in [5.41, 5.74) is 1.34. The lowest BCUT2D eigenvalue weighted by atomic mass is 10.1. The molecule has 2 aliphatic heterocycles. The van der Waals surface area contributed by atoms with Crippen LogP contribution < -0.4 is 10.2 Å². The number of ether oxygens (including phenoxy) is 1. The average molecular weight is 511 g/mol. The molecule has 0 atom stereocenters. The van der Waals surface area contributed by atoms with Gasteiger partial charge in [-0.1, -0.05) is 18.2 Å². The van der Waals surface area contributed by atoms with Crippen LogP contribution in [-0.2, 0) is 16.1 Å². The van der Waals surface area contributed by atoms with E-state index in [1.165, 1.54) is 12.1 Å². The number of imidazole rings is 1. The first kappa shape index (κ1) is 23.5. The van der Waals surface area contributed by atoms with Crippen LogP contribution in [0.3, 0.4) is 0 Å². The zero-order chi connectivity index (χ0) is 25.5. The van der Waals surface area contributed by atoms with E-state index in [0.29, 0.717) is 51.0 Å². The molecule has 2 aromatic carbocycles. The van der Waals surface area contributed by atoms with E-state index in [1.54, 1.807) is 6.20 Å². The highest BCUT2D eigenvalue weighted by atomic mass is 19.3. The molecule has 0 radical (unpaired) electrons. The molecule has 1 N–H and O–H groups in total. The molecule has 0 aliphatic carbocycles. The van der Waals surface area contributed by atoms with Crippen LogP contribution in [-0.4, -0.2) is 64.6 Å². The largest absolute Gasteiger partial charge is 0.380 e. The Morgan fingerprint density at radius 2 is 1.95 bits per heavy atom. The third kappa shape index (κ3) is 4.33. The van der Waals surface area contributed by atoms with Crippen molar-refractivity contribution in [1.29, 1.82) is 0 Å². The van der Waals surface area contributed by atoms with Crippen molar-refractivity contribution in [2.45, 2.75) is 13.0 Å². The molecule has 0 spiro atoms. The first-order valence-corrected chi connectivity index (χ1v) is 12.2. The maximum absolute atomic E-state index is 14.6. The van der Waals surface area contributed by atoms with Crippen LogP contribution in [0.25, 0.3) is 16.7 Å². The van der Waals surface area contributed by atoms with Gasteiger partial charge in [0.2, 0.25) is 11.7 Å². The molecule has 11 heteroatoms. The fraction of sp³-hybridized carbons (Fsp3) is 0.346. The molecule has 192 valence electrons. The number of benzene rings is 2. The number of nitrogens with one attached hydrogen (secondary N) is 1. The molecule has 1 amide bonds. The van der Waals surface area contributed by atoms with Crippen molar-refractivity contribution in [3.05, 3.63) is 65.7 Å². The number of fused-ring (bicyclic) bond motifs is 3. The van der Waals surface area contributed by atoms with Crippen molar-refractivity contribution >= 4 is 34.1 Å². The van der Waals surface area contributed by atoms with Crippen LogP contribution in [0.4, 0.5) is 24.7 Å². The van der Waals surface area contributed by atoms with E-state index in [2.05, 4.69) is 20.2 Å². The van der Waals surface area contributed by atoms with Crippen molar-refractivity contribution in [1.82, 2.24) is 19.3 Å². The molecule has 37 heavy (non-hydrogen) atoms. The van der Waals surface area contributed by atoms with Crippen molar-refractivity contribution in [2.75, 3.05) is 49.6 Å². The Morgan fingerprint density at radius 1 is 1.14 bits per heavy atom. The summed E-state index contributed by atoms with van der Waals surface area (Å²) in [5, 5.41) is 3.93. The zero-order valence-corrected chi connectivity index (χ0v) is 19.9. The van der Waals surface area contributed by atoms with E-state index in [9.17, 15) is 18.0 Å². The SMILES string of the molecule is O=C(C1COC1)N1CCN(c2ccc3c(c2)c(NCc2cccc(C(F)F)c2F)nc2nccn23)CC1. The number of amides is 1. The average Bonchev–Trinajstić information content (AvgIpc) is 3.35. The number of aromatic nitrogens is 3. The number of hydrogen-bond acceptors (Lipinski definition) is 6. The summed E-state index contributed by atoms with van der Waals surface area (Å²) >= 11 is 0. The van der Waals surface area contributed by atoms with Crippen molar-refractivity contribution in [2.24, 2.45) is 5.92 Å². The molecule has 2 aromatic heterocycles. The summed E-state index contributed by atoms with van der Waals surface area (Å²) in [6.07, 6.45) is 0.573. The highest BCUT2D eigenvalue weighted by Crippen LogP contribution is 2.30. The van der Waals surface area contributed by atoms with Gasteiger partial charge in [-0.05, 0) is 18.2 Å². The first-order valence-electron chi connectivity index (χ1n) is 12.2. The van der Waals surface area contributed by atoms with Crippen LogP contribution in [0.1, 0.15) is 17.6 Å². The third-order valence-electron chi connectivity index (χ3n) is 7.06. The van der Waals surface area contributed by atoms with Gasteiger partial charge >= 0.3 is 0 Å². The monoisotopic (exact) mass is 510 g/mol. The van der Waals surface area contributed by atoms with Gasteiger partial charge in [0.15, 0.2) is 0 Å². The van der Waals surface area contributed by atoms with Crippen molar-refractivity contribution in [3.8, 4) is 0 Å². The summed E-state index contributed by atoms with van der Waals surface area (Å²) in [4.78, 5) is 25.6. The second kappa shape index (κ2) is 9.55. The third-order valence-corrected chi connectivity index (χ3v) is 7.06. The molecule has 2 aliphatic rings. The second-order valence-corrected chi connectivity index (χ2v) is 9.28. The van der Waals surface area contributed by atoms with Gasteiger partial charge in [0.25, 0.3) is 6.43 Å². The van der Waals surface area contributed by atoms with Crippen molar-refractivity contribution < 1.29 is 22.7 Å². The molecular formula is C26H25F3N6O2. The van der Waals surface area contributed by atoms with Crippen LogP contribution in [0, 0.1) is 11.7 Å². The topological polar surface area (TPSA) is 75.0 Å². The Labute approximate surface area is 210 Å². The number of alkyl halides is 2. The number of halogens is 3. The highest BCUT2D eigenvalue weighted by molar-refractivity contribution is 5.93. The summed E-state index contributed by atoms with van der Waals surface area (Å²) in [5.74, 6) is 0.173. The molecule has 2 fully saturated rings. The zero-order valence-electron chi connectivity index (χ0n) is 19.9. The smallest absolute Gasteiger partial charge is 0.266 e. The van der Waals surface area contributed by atoms with E-state index >= 15 is 0 Å². The van der Waals surface area contributed by atoms with Crippen LogP contribution in [0.15, 0.2) is 48.8 Å². The molecule has 4 heterocycles. The van der Waals surface area contributed by atoms with Gasteiger partial charge in [-0.3, -0.25) is 9.20 Å². The normalized spacial score (nSPS) is 16.5. The Hall–Kier alpha value is -3.86. The van der Waals surface area contributed by atoms with E-state index < -0.39 is 17.8 Å². The molecule has 0 unspecified atom stereocenters. The Bertz CT molecular complexity index is 1460. The van der Waals surface area contributed by atoms with E-state index in [1.807, 2.05) is 33.7 Å². The summed E-state index contributed by atoms with van der Waals surface area (Å²) in [7, 11) is 0. The van der Waals surface area contributed by atoms with E-state index in [-0.39, 0.29) is 23.9 Å². The lowest BCUT2D eigenvalue weighted by molar-refractivity contribution is -0.150. The number of anilines is 2. The fourth-order valence-corrected chi connectivity index (χ4v) is 4.89. The van der Waals surface area contributed by atoms with Gasteiger partial charge in [-0.2, -0.15) is 4.98 Å². The number of piperazine rings is 1.